The number of unbranched alkanes of at least 4 members (excludes halogenated alkanes) is 1. The minimum Gasteiger partial charge on any atom is -0.375 e. The van der Waals surface area contributed by atoms with Crippen LogP contribution in [0.15, 0.2) is 36.7 Å². The Hall–Kier alpha value is -1.01. The van der Waals surface area contributed by atoms with Crippen molar-refractivity contribution in [2.75, 3.05) is 6.61 Å². The third-order valence-electron chi connectivity index (χ3n) is 6.01. The van der Waals surface area contributed by atoms with Crippen LogP contribution in [0.4, 0.5) is 0 Å². The number of hydrogen-bond donors (Lipinski definition) is 0. The molecule has 152 valence electrons. The number of halogens is 1. The Labute approximate surface area is 183 Å². The van der Waals surface area contributed by atoms with Crippen molar-refractivity contribution in [1.29, 1.82) is 0 Å². The van der Waals surface area contributed by atoms with E-state index in [0.717, 1.165) is 18.7 Å². The van der Waals surface area contributed by atoms with E-state index >= 15 is 0 Å². The normalized spacial score (nSPS) is 20.6. The van der Waals surface area contributed by atoms with Crippen LogP contribution in [0.25, 0.3) is 0 Å². The molecule has 1 saturated heterocycles. The average molecular weight is 492 g/mol. The molecule has 1 aliphatic heterocycles. The van der Waals surface area contributed by atoms with Gasteiger partial charge in [0, 0.05) is 34.2 Å². The number of hydrogen-bond acceptors (Lipinski definition) is 3. The molecule has 2 aliphatic rings. The maximum Gasteiger partial charge on any atom is 0.0689 e. The zero-order valence-electron chi connectivity index (χ0n) is 17.3. The molecule has 3 heterocycles. The van der Waals surface area contributed by atoms with Crippen molar-refractivity contribution in [3.05, 3.63) is 57.2 Å². The van der Waals surface area contributed by atoms with Crippen molar-refractivity contribution in [2.24, 2.45) is 0 Å². The first kappa shape index (κ1) is 21.7. The lowest BCUT2D eigenvalue weighted by Crippen LogP contribution is -2.36. The lowest BCUT2D eigenvalue weighted by molar-refractivity contribution is -0.0809. The maximum atomic E-state index is 6.05. The van der Waals surface area contributed by atoms with Crippen LogP contribution >= 0.6 is 22.6 Å². The molecule has 0 N–H and O–H groups in total. The quantitative estimate of drug-likeness (QED) is 0.450. The Morgan fingerprint density at radius 2 is 2.04 bits per heavy atom. The SMILES string of the molecule is CCCCc1cnc(C)c(I)c1.c1ccc([C@@H]2CCOC3(CCCC3)C2)nc1. The summed E-state index contributed by atoms with van der Waals surface area (Å²) in [6.45, 7) is 5.18. The summed E-state index contributed by atoms with van der Waals surface area (Å²) >= 11 is 2.34. The topological polar surface area (TPSA) is 35.0 Å². The van der Waals surface area contributed by atoms with Crippen molar-refractivity contribution >= 4 is 22.6 Å². The number of rotatable bonds is 4. The van der Waals surface area contributed by atoms with E-state index in [2.05, 4.69) is 57.7 Å². The van der Waals surface area contributed by atoms with Crippen LogP contribution in [0.3, 0.4) is 0 Å². The highest BCUT2D eigenvalue weighted by Crippen LogP contribution is 2.44. The maximum absolute atomic E-state index is 6.05. The third kappa shape index (κ3) is 5.99. The van der Waals surface area contributed by atoms with Gasteiger partial charge < -0.3 is 4.74 Å². The molecule has 4 heteroatoms. The first-order chi connectivity index (χ1) is 13.6. The van der Waals surface area contributed by atoms with Crippen LogP contribution in [0.2, 0.25) is 0 Å². The van der Waals surface area contributed by atoms with Crippen LogP contribution in [0.1, 0.15) is 81.2 Å². The van der Waals surface area contributed by atoms with E-state index in [9.17, 15) is 0 Å². The Morgan fingerprint density at radius 1 is 1.21 bits per heavy atom. The van der Waals surface area contributed by atoms with Gasteiger partial charge in [-0.05, 0) is 91.8 Å². The van der Waals surface area contributed by atoms with Gasteiger partial charge in [-0.15, -0.1) is 0 Å². The second kappa shape index (κ2) is 10.7. The molecule has 3 nitrogen and oxygen atoms in total. The number of nitrogens with zero attached hydrogens (tertiary/aromatic N) is 2. The first-order valence-corrected chi connectivity index (χ1v) is 11.9. The fraction of sp³-hybridized carbons (Fsp3) is 0.583. The molecule has 28 heavy (non-hydrogen) atoms. The van der Waals surface area contributed by atoms with Gasteiger partial charge in [-0.2, -0.15) is 0 Å². The van der Waals surface area contributed by atoms with E-state index < -0.39 is 0 Å². The van der Waals surface area contributed by atoms with Crippen LogP contribution in [-0.4, -0.2) is 22.2 Å². The zero-order valence-corrected chi connectivity index (χ0v) is 19.5. The minimum atomic E-state index is 0.209. The summed E-state index contributed by atoms with van der Waals surface area (Å²) in [6, 6.07) is 8.49. The van der Waals surface area contributed by atoms with Crippen LogP contribution in [-0.2, 0) is 11.2 Å². The van der Waals surface area contributed by atoms with Crippen molar-refractivity contribution < 1.29 is 4.74 Å². The van der Waals surface area contributed by atoms with Gasteiger partial charge >= 0.3 is 0 Å². The van der Waals surface area contributed by atoms with E-state index in [-0.39, 0.29) is 5.60 Å². The van der Waals surface area contributed by atoms with Crippen LogP contribution in [0, 0.1) is 10.5 Å². The summed E-state index contributed by atoms with van der Waals surface area (Å²) in [5.74, 6) is 0.619. The van der Waals surface area contributed by atoms with Gasteiger partial charge in [0.15, 0.2) is 0 Å². The number of aryl methyl sites for hydroxylation is 2. The van der Waals surface area contributed by atoms with Gasteiger partial charge in [-0.1, -0.05) is 32.3 Å². The number of pyridine rings is 2. The Bertz CT molecular complexity index is 729. The second-order valence-electron chi connectivity index (χ2n) is 8.20. The summed E-state index contributed by atoms with van der Waals surface area (Å²) in [5.41, 5.74) is 3.97. The van der Waals surface area contributed by atoms with Gasteiger partial charge in [0.1, 0.15) is 0 Å². The van der Waals surface area contributed by atoms with Gasteiger partial charge in [0.25, 0.3) is 0 Å². The highest BCUT2D eigenvalue weighted by molar-refractivity contribution is 14.1. The van der Waals surface area contributed by atoms with E-state index in [1.165, 1.54) is 66.2 Å². The molecule has 1 spiro atoms. The first-order valence-electron chi connectivity index (χ1n) is 10.8. The molecule has 0 unspecified atom stereocenters. The van der Waals surface area contributed by atoms with E-state index in [4.69, 9.17) is 4.74 Å². The highest BCUT2D eigenvalue weighted by atomic mass is 127. The zero-order chi connectivity index (χ0) is 19.8. The summed E-state index contributed by atoms with van der Waals surface area (Å²) in [6.07, 6.45) is 15.1. The molecule has 1 saturated carbocycles. The third-order valence-corrected chi connectivity index (χ3v) is 7.11. The minimum absolute atomic E-state index is 0.209. The van der Waals surface area contributed by atoms with Gasteiger partial charge in [0.2, 0.25) is 0 Å². The fourth-order valence-corrected chi connectivity index (χ4v) is 4.87. The molecule has 1 aliphatic carbocycles. The van der Waals surface area contributed by atoms with Crippen molar-refractivity contribution in [2.45, 2.75) is 83.2 Å². The Morgan fingerprint density at radius 3 is 2.71 bits per heavy atom. The van der Waals surface area contributed by atoms with Gasteiger partial charge in [0.05, 0.1) is 11.3 Å². The van der Waals surface area contributed by atoms with E-state index in [0.29, 0.717) is 5.92 Å². The Kier molecular flexibility index (Phi) is 8.27. The lowest BCUT2D eigenvalue weighted by Gasteiger charge is -2.38. The Balaban J connectivity index is 0.000000169. The molecule has 2 fully saturated rings. The molecule has 1 atom stereocenters. The summed E-state index contributed by atoms with van der Waals surface area (Å²) in [7, 11) is 0. The summed E-state index contributed by atoms with van der Waals surface area (Å²) in [4.78, 5) is 8.83. The molecule has 0 amide bonds. The predicted molar refractivity (Wildman–Crippen MR) is 124 cm³/mol. The fourth-order valence-electron chi connectivity index (χ4n) is 4.33. The number of aromatic nitrogens is 2. The van der Waals surface area contributed by atoms with E-state index in [1.54, 1.807) is 0 Å². The standard InChI is InChI=1S/C14H19NO.C10H14IN/c1-4-9-15-13(5-1)12-6-10-16-14(11-12)7-2-3-8-14;1-3-4-5-9-6-10(11)8(2)12-7-9/h1,4-5,9,12H,2-3,6-8,10-11H2;6-7H,3-5H2,1-2H3/t12-;/m1./s1. The largest absolute Gasteiger partial charge is 0.375 e. The van der Waals surface area contributed by atoms with Gasteiger partial charge in [-0.3, -0.25) is 9.97 Å². The lowest BCUT2D eigenvalue weighted by atomic mass is 9.83. The molecule has 2 aromatic heterocycles. The monoisotopic (exact) mass is 492 g/mol. The van der Waals surface area contributed by atoms with Crippen molar-refractivity contribution in [1.82, 2.24) is 9.97 Å². The van der Waals surface area contributed by atoms with Crippen molar-refractivity contribution in [3.8, 4) is 0 Å². The van der Waals surface area contributed by atoms with E-state index in [1.807, 2.05) is 25.4 Å². The molecule has 2 aromatic rings. The second-order valence-corrected chi connectivity index (χ2v) is 9.36. The molecule has 0 bridgehead atoms. The molecular formula is C24H33IN2O. The molecule has 0 radical (unpaired) electrons. The molecule has 4 rings (SSSR count). The van der Waals surface area contributed by atoms with Gasteiger partial charge in [-0.25, -0.2) is 0 Å². The molecular weight excluding hydrogens is 459 g/mol. The van der Waals surface area contributed by atoms with Crippen LogP contribution in [0.5, 0.6) is 0 Å². The predicted octanol–water partition coefficient (Wildman–Crippen LogP) is 6.63. The molecule has 0 aromatic carbocycles. The van der Waals surface area contributed by atoms with Crippen molar-refractivity contribution in [3.63, 3.8) is 0 Å². The number of ether oxygens (including phenoxy) is 1. The average Bonchev–Trinajstić information content (AvgIpc) is 3.17. The van der Waals surface area contributed by atoms with Crippen LogP contribution < -0.4 is 0 Å². The highest BCUT2D eigenvalue weighted by Gasteiger charge is 2.40. The summed E-state index contributed by atoms with van der Waals surface area (Å²) < 4.78 is 7.33. The smallest absolute Gasteiger partial charge is 0.0689 e. The summed E-state index contributed by atoms with van der Waals surface area (Å²) in [5, 5.41) is 0.